The first-order chi connectivity index (χ1) is 30.3. The van der Waals surface area contributed by atoms with Gasteiger partial charge in [-0.2, -0.15) is 0 Å². The van der Waals surface area contributed by atoms with E-state index in [0.717, 1.165) is 111 Å². The Morgan fingerprint density at radius 2 is 1.54 bits per heavy atom. The first-order valence-corrected chi connectivity index (χ1v) is 22.7. The summed E-state index contributed by atoms with van der Waals surface area (Å²) in [6, 6.07) is 10.9. The van der Waals surface area contributed by atoms with Crippen molar-refractivity contribution in [1.82, 2.24) is 34.8 Å². The van der Waals surface area contributed by atoms with Crippen molar-refractivity contribution in [3.63, 3.8) is 0 Å². The van der Waals surface area contributed by atoms with Crippen LogP contribution in [0.1, 0.15) is 69.7 Å². The maximum absolute atomic E-state index is 13.7. The van der Waals surface area contributed by atoms with Crippen LogP contribution in [0.5, 0.6) is 11.5 Å². The van der Waals surface area contributed by atoms with Crippen LogP contribution in [0.2, 0.25) is 0 Å². The summed E-state index contributed by atoms with van der Waals surface area (Å²) in [6.45, 7) is 12.3. The van der Waals surface area contributed by atoms with Crippen LogP contribution < -0.4 is 30.6 Å². The Balaban J connectivity index is 0.789. The topological polar surface area (TPSA) is 149 Å². The zero-order chi connectivity index (χ0) is 44.5. The Bertz CT molecular complexity index is 2470. The summed E-state index contributed by atoms with van der Waals surface area (Å²) in [5.41, 5.74) is 5.25. The number of hydrogen-bond donors (Lipinski definition) is 2. The predicted octanol–water partition coefficient (Wildman–Crippen LogP) is 4.37. The first kappa shape index (κ1) is 44.1. The Kier molecular flexibility index (Phi) is 13.1. The number of aromatic nitrogens is 1. The van der Waals surface area contributed by atoms with Gasteiger partial charge in [-0.3, -0.25) is 39.1 Å². The number of likely N-dealkylation sites (tertiary alicyclic amines) is 1. The van der Waals surface area contributed by atoms with Gasteiger partial charge in [0, 0.05) is 98.7 Å². The molecule has 3 fully saturated rings. The molecular formula is C47H58N8O7S. The van der Waals surface area contributed by atoms with Gasteiger partial charge in [-0.1, -0.05) is 12.6 Å². The number of aryl methyl sites for hydroxylation is 1. The summed E-state index contributed by atoms with van der Waals surface area (Å²) in [4.78, 5) is 76.0. The van der Waals surface area contributed by atoms with Gasteiger partial charge in [0.15, 0.2) is 0 Å². The summed E-state index contributed by atoms with van der Waals surface area (Å²) >= 11 is 1.35. The van der Waals surface area contributed by atoms with Gasteiger partial charge in [-0.15, -0.1) is 11.3 Å². The van der Waals surface area contributed by atoms with Crippen molar-refractivity contribution in [1.29, 1.82) is 0 Å². The third-order valence-corrected chi connectivity index (χ3v) is 14.1. The lowest BCUT2D eigenvalue weighted by atomic mass is 10.0. The molecule has 1 atom stereocenters. The fourth-order valence-corrected chi connectivity index (χ4v) is 10.5. The van der Waals surface area contributed by atoms with E-state index in [1.54, 1.807) is 31.9 Å². The highest BCUT2D eigenvalue weighted by molar-refractivity contribution is 7.21. The van der Waals surface area contributed by atoms with Gasteiger partial charge in [-0.05, 0) is 95.2 Å². The Hall–Kier alpha value is -5.55. The smallest absolute Gasteiger partial charge is 0.261 e. The summed E-state index contributed by atoms with van der Waals surface area (Å²) < 4.78 is 13.9. The Morgan fingerprint density at radius 3 is 2.17 bits per heavy atom. The van der Waals surface area contributed by atoms with Crippen LogP contribution in [0.3, 0.4) is 0 Å². The molecule has 4 amide bonds. The number of nitrogens with zero attached hydrogens (tertiary/aromatic N) is 6. The standard InChI is InChI=1S/C47H58N8O7S/c1-29-33-10-9-32(25-34(33)47(60)55(29)38-11-12-42(56)49-44(38)57)54-21-19-53(20-22-54)16-8-7-15-52-17-13-31(14-18-52)48-45(58)41-26-35-43(63-41)36(28-51(4)46(35)59)30-23-39(61-5)37(27-50(2)3)40(24-30)62-6/h9-10,23-26,28,31,38H,1,7-8,11-22,27H2,2-6H3,(H,48,58)(H,49,56,57). The molecule has 3 saturated heterocycles. The van der Waals surface area contributed by atoms with E-state index in [1.807, 2.05) is 50.6 Å². The number of piperazine rings is 1. The number of rotatable bonds is 14. The van der Waals surface area contributed by atoms with Crippen LogP contribution in [0, 0.1) is 0 Å². The SMILES string of the molecule is C=C1c2ccc(N3CCN(CCCCN4CCC(NC(=O)c5cc6c(=O)n(C)cc(-c7cc(OC)c(CN(C)C)c(OC)c7)c6s5)CC4)CC3)cc2C(=O)N1C1CCC(=O)NC1=O. The van der Waals surface area contributed by atoms with Crippen LogP contribution in [-0.2, 0) is 23.2 Å². The minimum absolute atomic E-state index is 0.0715. The van der Waals surface area contributed by atoms with Crippen molar-refractivity contribution < 1.29 is 28.7 Å². The molecule has 334 valence electrons. The van der Waals surface area contributed by atoms with Crippen LogP contribution in [0.15, 0.2) is 54.0 Å². The number of pyridine rings is 1. The summed E-state index contributed by atoms with van der Waals surface area (Å²) in [7, 11) is 9.00. The highest BCUT2D eigenvalue weighted by atomic mass is 32.1. The molecule has 2 N–H and O–H groups in total. The van der Waals surface area contributed by atoms with Crippen molar-refractivity contribution in [3.05, 3.63) is 81.1 Å². The van der Waals surface area contributed by atoms with Gasteiger partial charge >= 0.3 is 0 Å². The van der Waals surface area contributed by atoms with E-state index in [2.05, 4.69) is 36.8 Å². The second-order valence-corrected chi connectivity index (χ2v) is 18.4. The van der Waals surface area contributed by atoms with Gasteiger partial charge < -0.3 is 34.1 Å². The number of nitrogens with one attached hydrogen (secondary N) is 2. The number of fused-ring (bicyclic) bond motifs is 2. The molecule has 0 spiro atoms. The average molecular weight is 879 g/mol. The fraction of sp³-hybridized carbons (Fsp3) is 0.468. The van der Waals surface area contributed by atoms with Crippen molar-refractivity contribution in [2.45, 2.75) is 57.2 Å². The van der Waals surface area contributed by atoms with E-state index >= 15 is 0 Å². The molecule has 8 rings (SSSR count). The van der Waals surface area contributed by atoms with E-state index in [9.17, 15) is 24.0 Å². The normalized spacial score (nSPS) is 19.0. The van der Waals surface area contributed by atoms with E-state index in [-0.39, 0.29) is 35.7 Å². The number of carbonyl (C=O) groups is 4. The molecule has 2 aromatic heterocycles. The number of unbranched alkanes of at least 4 members (excludes halogenated alkanes) is 1. The third kappa shape index (κ3) is 9.12. The van der Waals surface area contributed by atoms with Crippen molar-refractivity contribution in [2.24, 2.45) is 7.05 Å². The molecule has 0 radical (unpaired) electrons. The summed E-state index contributed by atoms with van der Waals surface area (Å²) in [5.74, 6) is 0.241. The average Bonchev–Trinajstić information content (AvgIpc) is 3.83. The number of hydrogen-bond acceptors (Lipinski definition) is 12. The van der Waals surface area contributed by atoms with Gasteiger partial charge in [0.2, 0.25) is 11.8 Å². The third-order valence-electron chi connectivity index (χ3n) is 12.9. The number of ether oxygens (including phenoxy) is 2. The molecule has 0 saturated carbocycles. The number of amides is 4. The van der Waals surface area contributed by atoms with E-state index < -0.39 is 11.9 Å². The predicted molar refractivity (Wildman–Crippen MR) is 246 cm³/mol. The van der Waals surface area contributed by atoms with Crippen LogP contribution >= 0.6 is 11.3 Å². The molecule has 6 heterocycles. The van der Waals surface area contributed by atoms with E-state index in [1.165, 1.54) is 16.2 Å². The molecule has 15 nitrogen and oxygen atoms in total. The molecule has 16 heteroatoms. The number of carbonyl (C=O) groups excluding carboxylic acids is 4. The maximum atomic E-state index is 13.7. The zero-order valence-corrected chi connectivity index (χ0v) is 37.8. The fourth-order valence-electron chi connectivity index (χ4n) is 9.44. The molecule has 0 aliphatic carbocycles. The number of benzene rings is 2. The van der Waals surface area contributed by atoms with Crippen LogP contribution in [0.25, 0.3) is 26.9 Å². The van der Waals surface area contributed by atoms with E-state index in [4.69, 9.17) is 9.47 Å². The highest BCUT2D eigenvalue weighted by Gasteiger charge is 2.42. The molecule has 2 aromatic carbocycles. The van der Waals surface area contributed by atoms with Crippen LogP contribution in [-0.4, -0.2) is 141 Å². The lowest BCUT2D eigenvalue weighted by molar-refractivity contribution is -0.136. The first-order valence-electron chi connectivity index (χ1n) is 21.9. The number of methoxy groups -OCH3 is 2. The molecule has 63 heavy (non-hydrogen) atoms. The molecule has 4 aromatic rings. The lowest BCUT2D eigenvalue weighted by Crippen LogP contribution is -2.52. The molecular weight excluding hydrogens is 821 g/mol. The second-order valence-electron chi connectivity index (χ2n) is 17.4. The summed E-state index contributed by atoms with van der Waals surface area (Å²) in [5, 5.41) is 6.13. The number of thiophene rings is 1. The number of piperidine rings is 2. The molecule has 0 bridgehead atoms. The van der Waals surface area contributed by atoms with Gasteiger partial charge in [0.1, 0.15) is 17.5 Å². The second kappa shape index (κ2) is 18.7. The number of imide groups is 1. The monoisotopic (exact) mass is 878 g/mol. The van der Waals surface area contributed by atoms with Gasteiger partial charge in [0.25, 0.3) is 17.4 Å². The molecule has 1 unspecified atom stereocenters. The minimum atomic E-state index is -0.726. The number of anilines is 1. The van der Waals surface area contributed by atoms with Gasteiger partial charge in [-0.25, -0.2) is 0 Å². The van der Waals surface area contributed by atoms with Gasteiger partial charge in [0.05, 0.1) is 35.6 Å². The Morgan fingerprint density at radius 1 is 0.873 bits per heavy atom. The van der Waals surface area contributed by atoms with E-state index in [0.29, 0.717) is 46.0 Å². The maximum Gasteiger partial charge on any atom is 0.261 e. The van der Waals surface area contributed by atoms with Crippen molar-refractivity contribution >= 4 is 56.4 Å². The molecule has 4 aliphatic heterocycles. The quantitative estimate of drug-likeness (QED) is 0.138. The minimum Gasteiger partial charge on any atom is -0.496 e. The van der Waals surface area contributed by atoms with Crippen molar-refractivity contribution in [3.8, 4) is 22.6 Å². The highest BCUT2D eigenvalue weighted by Crippen LogP contribution is 2.40. The van der Waals surface area contributed by atoms with Crippen LogP contribution in [0.4, 0.5) is 5.69 Å². The molecule has 4 aliphatic rings. The largest absolute Gasteiger partial charge is 0.496 e. The Labute approximate surface area is 372 Å². The van der Waals surface area contributed by atoms with Crippen molar-refractivity contribution in [2.75, 3.05) is 85.6 Å². The zero-order valence-electron chi connectivity index (χ0n) is 37.0. The summed E-state index contributed by atoms with van der Waals surface area (Å²) in [6.07, 6.45) is 6.28. The lowest BCUT2D eigenvalue weighted by Gasteiger charge is -2.36.